The third-order valence-electron chi connectivity index (χ3n) is 2.73. The van der Waals surface area contributed by atoms with E-state index in [1.165, 1.54) is 0 Å². The second-order valence-electron chi connectivity index (χ2n) is 4.05. The van der Waals surface area contributed by atoms with Crippen LogP contribution in [0.1, 0.15) is 15.9 Å². The fourth-order valence-electron chi connectivity index (χ4n) is 1.65. The SMILES string of the molecule is COc1ccc(Br)c(COc2ccc(C=O)cc2Br)c1. The standard InChI is InChI=1S/C15H12Br2O3/c1-19-12-3-4-13(16)11(7-12)9-20-15-5-2-10(8-18)6-14(15)17/h2-8H,9H2,1H3. The molecule has 0 aliphatic carbocycles. The van der Waals surface area contributed by atoms with Gasteiger partial charge in [-0.2, -0.15) is 0 Å². The largest absolute Gasteiger partial charge is 0.497 e. The first-order chi connectivity index (χ1) is 9.63. The number of halogens is 2. The van der Waals surface area contributed by atoms with Gasteiger partial charge >= 0.3 is 0 Å². The van der Waals surface area contributed by atoms with Gasteiger partial charge in [0.15, 0.2) is 0 Å². The van der Waals surface area contributed by atoms with E-state index in [9.17, 15) is 4.79 Å². The number of carbonyl (C=O) groups is 1. The number of rotatable bonds is 5. The highest BCUT2D eigenvalue weighted by molar-refractivity contribution is 9.10. The molecule has 0 spiro atoms. The van der Waals surface area contributed by atoms with Gasteiger partial charge in [0, 0.05) is 15.6 Å². The molecule has 0 aromatic heterocycles. The maximum absolute atomic E-state index is 10.7. The molecule has 0 unspecified atom stereocenters. The van der Waals surface area contributed by atoms with Crippen molar-refractivity contribution in [3.63, 3.8) is 0 Å². The maximum Gasteiger partial charge on any atom is 0.150 e. The zero-order valence-electron chi connectivity index (χ0n) is 10.7. The van der Waals surface area contributed by atoms with E-state index in [2.05, 4.69) is 31.9 Å². The molecular formula is C15H12Br2O3. The third kappa shape index (κ3) is 3.61. The summed E-state index contributed by atoms with van der Waals surface area (Å²) in [6.45, 7) is 0.400. The number of benzene rings is 2. The van der Waals surface area contributed by atoms with Crippen LogP contribution in [0.5, 0.6) is 11.5 Å². The van der Waals surface area contributed by atoms with E-state index in [1.54, 1.807) is 25.3 Å². The summed E-state index contributed by atoms with van der Waals surface area (Å²) in [5.41, 5.74) is 1.59. The van der Waals surface area contributed by atoms with Crippen molar-refractivity contribution in [1.82, 2.24) is 0 Å². The van der Waals surface area contributed by atoms with Gasteiger partial charge in [-0.3, -0.25) is 4.79 Å². The van der Waals surface area contributed by atoms with Crippen molar-refractivity contribution < 1.29 is 14.3 Å². The smallest absolute Gasteiger partial charge is 0.150 e. The zero-order chi connectivity index (χ0) is 14.5. The number of aldehydes is 1. The molecule has 0 fully saturated rings. The molecular weight excluding hydrogens is 388 g/mol. The molecule has 2 rings (SSSR count). The van der Waals surface area contributed by atoms with Crippen LogP contribution in [0.25, 0.3) is 0 Å². The highest BCUT2D eigenvalue weighted by Gasteiger charge is 2.06. The molecule has 2 aromatic carbocycles. The Balaban J connectivity index is 2.14. The van der Waals surface area contributed by atoms with Crippen molar-refractivity contribution in [2.45, 2.75) is 6.61 Å². The monoisotopic (exact) mass is 398 g/mol. The number of hydrogen-bond acceptors (Lipinski definition) is 3. The van der Waals surface area contributed by atoms with Crippen molar-refractivity contribution in [1.29, 1.82) is 0 Å². The van der Waals surface area contributed by atoms with Gasteiger partial charge in [0.05, 0.1) is 11.6 Å². The van der Waals surface area contributed by atoms with Gasteiger partial charge in [-0.15, -0.1) is 0 Å². The Hall–Kier alpha value is -1.33. The Morgan fingerprint density at radius 1 is 1.10 bits per heavy atom. The Morgan fingerprint density at radius 3 is 2.55 bits per heavy atom. The molecule has 20 heavy (non-hydrogen) atoms. The second-order valence-corrected chi connectivity index (χ2v) is 5.76. The van der Waals surface area contributed by atoms with Crippen molar-refractivity contribution in [2.75, 3.05) is 7.11 Å². The Morgan fingerprint density at radius 2 is 1.90 bits per heavy atom. The van der Waals surface area contributed by atoms with Crippen LogP contribution >= 0.6 is 31.9 Å². The molecule has 0 heterocycles. The third-order valence-corrected chi connectivity index (χ3v) is 4.12. The van der Waals surface area contributed by atoms with Crippen LogP contribution in [0.3, 0.4) is 0 Å². The van der Waals surface area contributed by atoms with Crippen LogP contribution in [-0.2, 0) is 6.61 Å². The Labute approximate surface area is 134 Å². The van der Waals surface area contributed by atoms with Crippen molar-refractivity contribution >= 4 is 38.1 Å². The molecule has 0 saturated heterocycles. The second kappa shape index (κ2) is 6.90. The highest BCUT2D eigenvalue weighted by Crippen LogP contribution is 2.28. The molecule has 104 valence electrons. The number of methoxy groups -OCH3 is 1. The van der Waals surface area contributed by atoms with Gasteiger partial charge in [-0.05, 0) is 52.3 Å². The van der Waals surface area contributed by atoms with Gasteiger partial charge < -0.3 is 9.47 Å². The molecule has 0 aliphatic heterocycles. The maximum atomic E-state index is 10.7. The number of hydrogen-bond donors (Lipinski definition) is 0. The van der Waals surface area contributed by atoms with Crippen LogP contribution < -0.4 is 9.47 Å². The van der Waals surface area contributed by atoms with Crippen molar-refractivity contribution in [2.24, 2.45) is 0 Å². The van der Waals surface area contributed by atoms with E-state index in [0.29, 0.717) is 17.9 Å². The summed E-state index contributed by atoms with van der Waals surface area (Å²) in [5, 5.41) is 0. The Bertz CT molecular complexity index is 627. The zero-order valence-corrected chi connectivity index (χ0v) is 13.9. The predicted molar refractivity (Wildman–Crippen MR) is 84.6 cm³/mol. The number of carbonyl (C=O) groups excluding carboxylic acids is 1. The molecule has 2 aromatic rings. The Kier molecular flexibility index (Phi) is 5.20. The summed E-state index contributed by atoms with van der Waals surface area (Å²) >= 11 is 6.87. The fourth-order valence-corrected chi connectivity index (χ4v) is 2.52. The van der Waals surface area contributed by atoms with Gasteiger partial charge in [-0.25, -0.2) is 0 Å². The first kappa shape index (κ1) is 15.1. The molecule has 0 saturated carbocycles. The van der Waals surface area contributed by atoms with E-state index in [-0.39, 0.29) is 0 Å². The van der Waals surface area contributed by atoms with Crippen LogP contribution in [-0.4, -0.2) is 13.4 Å². The summed E-state index contributed by atoms with van der Waals surface area (Å²) in [5.74, 6) is 1.47. The summed E-state index contributed by atoms with van der Waals surface area (Å²) in [6, 6.07) is 10.9. The molecule has 0 radical (unpaired) electrons. The van der Waals surface area contributed by atoms with Gasteiger partial charge in [-0.1, -0.05) is 15.9 Å². The molecule has 3 nitrogen and oxygen atoms in total. The molecule has 5 heteroatoms. The molecule has 0 bridgehead atoms. The number of ether oxygens (including phenoxy) is 2. The first-order valence-corrected chi connectivity index (χ1v) is 7.42. The lowest BCUT2D eigenvalue weighted by molar-refractivity contribution is 0.112. The van der Waals surface area contributed by atoms with E-state index in [1.807, 2.05) is 18.2 Å². The van der Waals surface area contributed by atoms with Crippen LogP contribution in [0.4, 0.5) is 0 Å². The molecule has 0 atom stereocenters. The van der Waals surface area contributed by atoms with Crippen LogP contribution in [0.2, 0.25) is 0 Å². The van der Waals surface area contributed by atoms with Gasteiger partial charge in [0.25, 0.3) is 0 Å². The quantitative estimate of drug-likeness (QED) is 0.688. The topological polar surface area (TPSA) is 35.5 Å². The van der Waals surface area contributed by atoms with E-state index in [4.69, 9.17) is 9.47 Å². The lowest BCUT2D eigenvalue weighted by atomic mass is 10.2. The molecule has 0 aliphatic rings. The first-order valence-electron chi connectivity index (χ1n) is 5.84. The summed E-state index contributed by atoms with van der Waals surface area (Å²) in [6.07, 6.45) is 0.799. The van der Waals surface area contributed by atoms with Gasteiger partial charge in [0.2, 0.25) is 0 Å². The summed E-state index contributed by atoms with van der Waals surface area (Å²) < 4.78 is 12.7. The molecule has 0 amide bonds. The summed E-state index contributed by atoms with van der Waals surface area (Å²) in [4.78, 5) is 10.7. The predicted octanol–water partition coefficient (Wildman–Crippen LogP) is 4.61. The van der Waals surface area contributed by atoms with E-state index in [0.717, 1.165) is 26.5 Å². The normalized spacial score (nSPS) is 10.2. The highest BCUT2D eigenvalue weighted by atomic mass is 79.9. The van der Waals surface area contributed by atoms with Crippen LogP contribution in [0, 0.1) is 0 Å². The average molecular weight is 400 g/mol. The minimum absolute atomic E-state index is 0.400. The van der Waals surface area contributed by atoms with Crippen molar-refractivity contribution in [3.8, 4) is 11.5 Å². The minimum atomic E-state index is 0.400. The minimum Gasteiger partial charge on any atom is -0.497 e. The lowest BCUT2D eigenvalue weighted by Gasteiger charge is -2.11. The van der Waals surface area contributed by atoms with E-state index < -0.39 is 0 Å². The van der Waals surface area contributed by atoms with E-state index >= 15 is 0 Å². The average Bonchev–Trinajstić information content (AvgIpc) is 2.47. The van der Waals surface area contributed by atoms with Crippen molar-refractivity contribution in [3.05, 3.63) is 56.5 Å². The lowest BCUT2D eigenvalue weighted by Crippen LogP contribution is -1.98. The van der Waals surface area contributed by atoms with Crippen LogP contribution in [0.15, 0.2) is 45.3 Å². The fraction of sp³-hybridized carbons (Fsp3) is 0.133. The van der Waals surface area contributed by atoms with Gasteiger partial charge in [0.1, 0.15) is 24.4 Å². The molecule has 0 N–H and O–H groups in total. The summed E-state index contributed by atoms with van der Waals surface area (Å²) in [7, 11) is 1.63.